The van der Waals surface area contributed by atoms with Gasteiger partial charge in [0, 0.05) is 24.0 Å². The maximum Gasteiger partial charge on any atom is 0.264 e. The van der Waals surface area contributed by atoms with Crippen LogP contribution in [-0.4, -0.2) is 43.8 Å². The number of carbonyl (C=O) groups is 2. The van der Waals surface area contributed by atoms with Crippen molar-refractivity contribution >= 4 is 50.7 Å². The fraction of sp³-hybridized carbons (Fsp3) is 0.278. The highest BCUT2D eigenvalue weighted by molar-refractivity contribution is 7.92. The van der Waals surface area contributed by atoms with Crippen LogP contribution in [0, 0.1) is 5.82 Å². The van der Waals surface area contributed by atoms with Gasteiger partial charge in [0.2, 0.25) is 11.8 Å². The van der Waals surface area contributed by atoms with Crippen LogP contribution in [0.2, 0.25) is 10.0 Å². The van der Waals surface area contributed by atoms with E-state index in [2.05, 4.69) is 5.32 Å². The van der Waals surface area contributed by atoms with E-state index in [1.165, 1.54) is 29.2 Å². The van der Waals surface area contributed by atoms with Crippen molar-refractivity contribution in [2.75, 3.05) is 10.8 Å². The minimum absolute atomic E-state index is 0.00226. The number of halogens is 3. The fourth-order valence-electron chi connectivity index (χ4n) is 5.80. The number of rotatable bonds is 12. The number of amides is 2. The van der Waals surface area contributed by atoms with Gasteiger partial charge in [-0.05, 0) is 60.4 Å². The summed E-state index contributed by atoms with van der Waals surface area (Å²) in [5.74, 6) is -1.71. The van der Waals surface area contributed by atoms with E-state index in [-0.39, 0.29) is 40.5 Å². The summed E-state index contributed by atoms with van der Waals surface area (Å²) in [6.45, 7) is -0.747. The minimum Gasteiger partial charge on any atom is -0.352 e. The van der Waals surface area contributed by atoms with Crippen LogP contribution in [-0.2, 0) is 32.6 Å². The second kappa shape index (κ2) is 15.8. The van der Waals surface area contributed by atoms with Crippen LogP contribution in [0.4, 0.5) is 10.1 Å². The van der Waals surface area contributed by atoms with Crippen molar-refractivity contribution in [2.24, 2.45) is 0 Å². The van der Waals surface area contributed by atoms with Gasteiger partial charge in [-0.15, -0.1) is 0 Å². The Kier molecular flexibility index (Phi) is 11.6. The number of carbonyl (C=O) groups excluding carboxylic acids is 2. The molecule has 0 radical (unpaired) electrons. The van der Waals surface area contributed by atoms with Gasteiger partial charge in [-0.1, -0.05) is 109 Å². The molecule has 4 aromatic rings. The normalized spacial score (nSPS) is 14.3. The lowest BCUT2D eigenvalue weighted by Gasteiger charge is -2.35. The molecular formula is C36H36Cl2FN3O4S. The third-order valence-electron chi connectivity index (χ3n) is 8.32. The van der Waals surface area contributed by atoms with Crippen molar-refractivity contribution in [3.8, 4) is 0 Å². The molecule has 0 aliphatic heterocycles. The molecule has 11 heteroatoms. The average molecular weight is 697 g/mol. The molecule has 2 amide bonds. The Labute approximate surface area is 285 Å². The number of benzene rings is 4. The van der Waals surface area contributed by atoms with E-state index >= 15 is 0 Å². The average Bonchev–Trinajstić information content (AvgIpc) is 3.08. The van der Waals surface area contributed by atoms with Gasteiger partial charge in [-0.25, -0.2) is 12.8 Å². The van der Waals surface area contributed by atoms with E-state index in [4.69, 9.17) is 23.2 Å². The summed E-state index contributed by atoms with van der Waals surface area (Å²) in [4.78, 5) is 30.1. The molecule has 0 spiro atoms. The van der Waals surface area contributed by atoms with Crippen LogP contribution in [0.15, 0.2) is 108 Å². The second-order valence-electron chi connectivity index (χ2n) is 11.6. The third-order valence-corrected chi connectivity index (χ3v) is 10.8. The first kappa shape index (κ1) is 34.4. The molecule has 4 aromatic carbocycles. The first-order valence-corrected chi connectivity index (χ1v) is 17.7. The van der Waals surface area contributed by atoms with Gasteiger partial charge >= 0.3 is 0 Å². The van der Waals surface area contributed by atoms with Crippen LogP contribution < -0.4 is 9.62 Å². The number of hydrogen-bond acceptors (Lipinski definition) is 4. The summed E-state index contributed by atoms with van der Waals surface area (Å²) in [6.07, 6.45) is 4.99. The molecule has 1 N–H and O–H groups in total. The Hall–Kier alpha value is -3.92. The Morgan fingerprint density at radius 2 is 1.47 bits per heavy atom. The number of nitrogens with one attached hydrogen (secondary N) is 1. The molecule has 0 bridgehead atoms. The van der Waals surface area contributed by atoms with E-state index in [9.17, 15) is 22.4 Å². The Morgan fingerprint density at radius 1 is 0.830 bits per heavy atom. The summed E-state index contributed by atoms with van der Waals surface area (Å²) in [5, 5.41) is 3.27. The Balaban J connectivity index is 1.58. The van der Waals surface area contributed by atoms with Gasteiger partial charge in [0.15, 0.2) is 0 Å². The summed E-state index contributed by atoms with van der Waals surface area (Å²) in [5.41, 5.74) is 1.42. The molecule has 7 nitrogen and oxygen atoms in total. The molecule has 1 saturated carbocycles. The van der Waals surface area contributed by atoms with Gasteiger partial charge in [-0.3, -0.25) is 13.9 Å². The van der Waals surface area contributed by atoms with E-state index in [1.54, 1.807) is 42.5 Å². The first-order valence-electron chi connectivity index (χ1n) is 15.5. The highest BCUT2D eigenvalue weighted by Gasteiger charge is 2.36. The highest BCUT2D eigenvalue weighted by atomic mass is 35.5. The third kappa shape index (κ3) is 8.71. The molecule has 47 heavy (non-hydrogen) atoms. The molecule has 1 unspecified atom stereocenters. The summed E-state index contributed by atoms with van der Waals surface area (Å²) >= 11 is 12.7. The lowest BCUT2D eigenvalue weighted by Crippen LogP contribution is -2.55. The van der Waals surface area contributed by atoms with Crippen molar-refractivity contribution in [3.63, 3.8) is 0 Å². The zero-order valence-electron chi connectivity index (χ0n) is 25.7. The van der Waals surface area contributed by atoms with Crippen molar-refractivity contribution in [2.45, 2.75) is 62.0 Å². The van der Waals surface area contributed by atoms with Crippen LogP contribution >= 0.6 is 23.2 Å². The summed E-state index contributed by atoms with van der Waals surface area (Å²) < 4.78 is 43.3. The molecule has 0 aromatic heterocycles. The molecule has 0 saturated heterocycles. The molecule has 1 fully saturated rings. The molecule has 0 heterocycles. The topological polar surface area (TPSA) is 86.8 Å². The van der Waals surface area contributed by atoms with Crippen molar-refractivity contribution in [3.05, 3.63) is 130 Å². The fourth-order valence-corrected chi connectivity index (χ4v) is 7.59. The number of hydrogen-bond donors (Lipinski definition) is 1. The van der Waals surface area contributed by atoms with Crippen LogP contribution in [0.5, 0.6) is 0 Å². The van der Waals surface area contributed by atoms with Gasteiger partial charge < -0.3 is 10.2 Å². The standard InChI is InChI=1S/C36H36Cl2FN3O4S/c37-31-19-11-10-14-27(31)24-41(34(22-26-12-4-1-5-13-26)36(44)40-28-15-6-2-7-16-28)35(43)25-42(29-20-21-33(39)32(38)23-29)47(45,46)30-17-8-3-9-18-30/h1,3-5,8-14,17-21,23,28,34H,2,6-7,15-16,22,24-25H2,(H,40,44). The van der Waals surface area contributed by atoms with Crippen molar-refractivity contribution in [1.29, 1.82) is 0 Å². The Bertz CT molecular complexity index is 1790. The molecule has 5 rings (SSSR count). The highest BCUT2D eigenvalue weighted by Crippen LogP contribution is 2.29. The van der Waals surface area contributed by atoms with Crippen molar-refractivity contribution < 1.29 is 22.4 Å². The smallest absolute Gasteiger partial charge is 0.264 e. The maximum atomic E-state index is 14.6. The first-order chi connectivity index (χ1) is 22.6. The molecule has 246 valence electrons. The quantitative estimate of drug-likeness (QED) is 0.167. The predicted molar refractivity (Wildman–Crippen MR) is 183 cm³/mol. The van der Waals surface area contributed by atoms with E-state index < -0.39 is 34.3 Å². The summed E-state index contributed by atoms with van der Waals surface area (Å²) in [7, 11) is -4.34. The molecule has 1 aliphatic carbocycles. The van der Waals surface area contributed by atoms with Gasteiger partial charge in [0.25, 0.3) is 10.0 Å². The number of nitrogens with zero attached hydrogens (tertiary/aromatic N) is 2. The predicted octanol–water partition coefficient (Wildman–Crippen LogP) is 7.42. The minimum atomic E-state index is -4.34. The molecule has 1 aliphatic rings. The lowest BCUT2D eigenvalue weighted by molar-refractivity contribution is -0.140. The lowest BCUT2D eigenvalue weighted by atomic mass is 9.94. The SMILES string of the molecule is O=C(NC1CCCCC1)C(Cc1ccccc1)N(Cc1ccccc1Cl)C(=O)CN(c1ccc(F)c(Cl)c1)S(=O)(=O)c1ccccc1. The van der Waals surface area contributed by atoms with Crippen LogP contribution in [0.25, 0.3) is 0 Å². The molecular weight excluding hydrogens is 660 g/mol. The van der Waals surface area contributed by atoms with Crippen LogP contribution in [0.3, 0.4) is 0 Å². The largest absolute Gasteiger partial charge is 0.352 e. The van der Waals surface area contributed by atoms with Gasteiger partial charge in [0.05, 0.1) is 15.6 Å². The number of sulfonamides is 1. The van der Waals surface area contributed by atoms with Gasteiger partial charge in [0.1, 0.15) is 18.4 Å². The second-order valence-corrected chi connectivity index (χ2v) is 14.3. The molecule has 1 atom stereocenters. The van der Waals surface area contributed by atoms with Crippen molar-refractivity contribution in [1.82, 2.24) is 10.2 Å². The zero-order chi connectivity index (χ0) is 33.4. The van der Waals surface area contributed by atoms with Gasteiger partial charge in [-0.2, -0.15) is 0 Å². The maximum absolute atomic E-state index is 14.6. The Morgan fingerprint density at radius 3 is 2.13 bits per heavy atom. The van der Waals surface area contributed by atoms with E-state index in [0.717, 1.165) is 48.0 Å². The summed E-state index contributed by atoms with van der Waals surface area (Å²) in [6, 6.07) is 26.4. The zero-order valence-corrected chi connectivity index (χ0v) is 28.0. The monoisotopic (exact) mass is 695 g/mol. The number of anilines is 1. The van der Waals surface area contributed by atoms with E-state index in [1.807, 2.05) is 30.3 Å². The van der Waals surface area contributed by atoms with Crippen LogP contribution in [0.1, 0.15) is 43.2 Å². The van der Waals surface area contributed by atoms with E-state index in [0.29, 0.717) is 10.6 Å².